The smallest absolute Gasteiger partial charge is 0.341 e. The number of hydrogen-bond acceptors (Lipinski definition) is 5. The van der Waals surface area contributed by atoms with E-state index in [4.69, 9.17) is 4.74 Å². The van der Waals surface area contributed by atoms with E-state index in [1.54, 1.807) is 18.3 Å². The molecule has 0 saturated carbocycles. The molecule has 1 aliphatic rings. The second-order valence-electron chi connectivity index (χ2n) is 5.76. The summed E-state index contributed by atoms with van der Waals surface area (Å²) in [5, 5.41) is 3.55. The molecule has 0 bridgehead atoms. The van der Waals surface area contributed by atoms with Crippen LogP contribution < -0.4 is 10.2 Å². The number of carbonyl (C=O) groups excluding carboxylic acids is 1. The quantitative estimate of drug-likeness (QED) is 0.843. The standard InChI is InChI=1S/C16H25N3O2/c1-12(2)19(11-13-7-4-5-9-17-13)15-14(16(20)21-3)8-6-10-18-15/h6,8,10,12-13,17H,4-5,7,9,11H2,1-3H3. The molecule has 1 atom stereocenters. The first kappa shape index (κ1) is 15.8. The molecule has 1 aliphatic heterocycles. The fraction of sp³-hybridized carbons (Fsp3) is 0.625. The van der Waals surface area contributed by atoms with Gasteiger partial charge in [0.25, 0.3) is 0 Å². The summed E-state index contributed by atoms with van der Waals surface area (Å²) in [6, 6.07) is 4.27. The number of methoxy groups -OCH3 is 1. The summed E-state index contributed by atoms with van der Waals surface area (Å²) >= 11 is 0. The zero-order chi connectivity index (χ0) is 15.2. The lowest BCUT2D eigenvalue weighted by Gasteiger charge is -2.34. The fourth-order valence-corrected chi connectivity index (χ4v) is 2.75. The summed E-state index contributed by atoms with van der Waals surface area (Å²) in [6.07, 6.45) is 5.40. The van der Waals surface area contributed by atoms with Crippen molar-refractivity contribution in [1.29, 1.82) is 0 Å². The Labute approximate surface area is 126 Å². The summed E-state index contributed by atoms with van der Waals surface area (Å²) in [7, 11) is 1.40. The second-order valence-corrected chi connectivity index (χ2v) is 5.76. The molecule has 1 N–H and O–H groups in total. The maximum Gasteiger partial charge on any atom is 0.341 e. The minimum atomic E-state index is -0.333. The van der Waals surface area contributed by atoms with E-state index in [1.165, 1.54) is 26.4 Å². The van der Waals surface area contributed by atoms with E-state index in [-0.39, 0.29) is 12.0 Å². The van der Waals surface area contributed by atoms with Crippen molar-refractivity contribution < 1.29 is 9.53 Å². The number of pyridine rings is 1. The monoisotopic (exact) mass is 291 g/mol. The number of piperidine rings is 1. The van der Waals surface area contributed by atoms with E-state index in [2.05, 4.69) is 29.0 Å². The molecule has 21 heavy (non-hydrogen) atoms. The van der Waals surface area contributed by atoms with Crippen molar-refractivity contribution >= 4 is 11.8 Å². The Morgan fingerprint density at radius 3 is 2.95 bits per heavy atom. The molecule has 1 unspecified atom stereocenters. The van der Waals surface area contributed by atoms with Gasteiger partial charge in [-0.3, -0.25) is 0 Å². The van der Waals surface area contributed by atoms with E-state index in [0.717, 1.165) is 13.1 Å². The van der Waals surface area contributed by atoms with Crippen LogP contribution in [0.15, 0.2) is 18.3 Å². The topological polar surface area (TPSA) is 54.5 Å². The maximum absolute atomic E-state index is 11.9. The van der Waals surface area contributed by atoms with Crippen LogP contribution in [0.25, 0.3) is 0 Å². The van der Waals surface area contributed by atoms with Crippen LogP contribution in [0.4, 0.5) is 5.82 Å². The molecule has 116 valence electrons. The van der Waals surface area contributed by atoms with E-state index in [0.29, 0.717) is 17.4 Å². The maximum atomic E-state index is 11.9. The fourth-order valence-electron chi connectivity index (χ4n) is 2.75. The number of rotatable bonds is 5. The molecule has 1 aromatic rings. The molecule has 1 aromatic heterocycles. The molecule has 0 spiro atoms. The average Bonchev–Trinajstić information content (AvgIpc) is 2.52. The Kier molecular flexibility index (Phi) is 5.56. The Hall–Kier alpha value is -1.62. The SMILES string of the molecule is COC(=O)c1cccnc1N(CC1CCCCN1)C(C)C. The normalized spacial score (nSPS) is 18.6. The predicted molar refractivity (Wildman–Crippen MR) is 83.7 cm³/mol. The largest absolute Gasteiger partial charge is 0.465 e. The molecule has 0 aromatic carbocycles. The minimum Gasteiger partial charge on any atom is -0.465 e. The van der Waals surface area contributed by atoms with Gasteiger partial charge in [0.1, 0.15) is 11.4 Å². The van der Waals surface area contributed by atoms with Gasteiger partial charge in [0.05, 0.1) is 7.11 Å². The van der Waals surface area contributed by atoms with Crippen molar-refractivity contribution in [1.82, 2.24) is 10.3 Å². The molecule has 5 nitrogen and oxygen atoms in total. The molecular weight excluding hydrogens is 266 g/mol. The molecule has 1 saturated heterocycles. The number of aromatic nitrogens is 1. The Morgan fingerprint density at radius 2 is 2.33 bits per heavy atom. The van der Waals surface area contributed by atoms with Crippen LogP contribution >= 0.6 is 0 Å². The van der Waals surface area contributed by atoms with Crippen molar-refractivity contribution in [3.8, 4) is 0 Å². The molecule has 1 fully saturated rings. The summed E-state index contributed by atoms with van der Waals surface area (Å²) in [4.78, 5) is 18.6. The number of anilines is 1. The minimum absolute atomic E-state index is 0.270. The highest BCUT2D eigenvalue weighted by Crippen LogP contribution is 2.22. The number of esters is 1. The third kappa shape index (κ3) is 3.94. The first-order valence-corrected chi connectivity index (χ1v) is 7.67. The van der Waals surface area contributed by atoms with Crippen molar-refractivity contribution in [2.75, 3.05) is 25.1 Å². The molecule has 2 heterocycles. The Balaban J connectivity index is 2.23. The van der Waals surface area contributed by atoms with Gasteiger partial charge in [-0.15, -0.1) is 0 Å². The first-order chi connectivity index (χ1) is 10.1. The Bertz CT molecular complexity index is 470. The number of nitrogens with one attached hydrogen (secondary N) is 1. The predicted octanol–water partition coefficient (Wildman–Crippen LogP) is 2.23. The van der Waals surface area contributed by atoms with Crippen molar-refractivity contribution in [3.63, 3.8) is 0 Å². The van der Waals surface area contributed by atoms with E-state index in [9.17, 15) is 4.79 Å². The van der Waals surface area contributed by atoms with Gasteiger partial charge in [-0.2, -0.15) is 0 Å². The molecule has 2 rings (SSSR count). The van der Waals surface area contributed by atoms with E-state index in [1.807, 2.05) is 0 Å². The van der Waals surface area contributed by atoms with Gasteiger partial charge in [0, 0.05) is 24.8 Å². The highest BCUT2D eigenvalue weighted by Gasteiger charge is 2.24. The van der Waals surface area contributed by atoms with Crippen LogP contribution in [-0.2, 0) is 4.74 Å². The summed E-state index contributed by atoms with van der Waals surface area (Å²) in [5.41, 5.74) is 0.532. The summed E-state index contributed by atoms with van der Waals surface area (Å²) < 4.78 is 4.88. The van der Waals surface area contributed by atoms with Crippen LogP contribution in [0.1, 0.15) is 43.5 Å². The molecular formula is C16H25N3O2. The van der Waals surface area contributed by atoms with Crippen molar-refractivity contribution in [2.45, 2.75) is 45.2 Å². The number of ether oxygens (including phenoxy) is 1. The molecule has 5 heteroatoms. The average molecular weight is 291 g/mol. The van der Waals surface area contributed by atoms with Gasteiger partial charge in [-0.05, 0) is 45.4 Å². The zero-order valence-corrected chi connectivity index (χ0v) is 13.1. The van der Waals surface area contributed by atoms with Gasteiger partial charge >= 0.3 is 5.97 Å². The first-order valence-electron chi connectivity index (χ1n) is 7.67. The zero-order valence-electron chi connectivity index (χ0n) is 13.1. The lowest BCUT2D eigenvalue weighted by atomic mass is 10.0. The molecule has 0 amide bonds. The van der Waals surface area contributed by atoms with Gasteiger partial charge in [-0.1, -0.05) is 6.42 Å². The molecule has 0 aliphatic carbocycles. The highest BCUT2D eigenvalue weighted by molar-refractivity contribution is 5.94. The third-order valence-electron chi connectivity index (χ3n) is 3.92. The summed E-state index contributed by atoms with van der Waals surface area (Å²) in [5.74, 6) is 0.382. The lowest BCUT2D eigenvalue weighted by molar-refractivity contribution is 0.0601. The van der Waals surface area contributed by atoms with Crippen LogP contribution in [0.3, 0.4) is 0 Å². The molecule has 0 radical (unpaired) electrons. The summed E-state index contributed by atoms with van der Waals surface area (Å²) in [6.45, 7) is 6.18. The van der Waals surface area contributed by atoms with Crippen molar-refractivity contribution in [3.05, 3.63) is 23.9 Å². The third-order valence-corrected chi connectivity index (χ3v) is 3.92. The highest BCUT2D eigenvalue weighted by atomic mass is 16.5. The van der Waals surface area contributed by atoms with Gasteiger partial charge in [0.2, 0.25) is 0 Å². The van der Waals surface area contributed by atoms with Crippen LogP contribution in [0.5, 0.6) is 0 Å². The van der Waals surface area contributed by atoms with Gasteiger partial charge < -0.3 is 15.0 Å². The lowest BCUT2D eigenvalue weighted by Crippen LogP contribution is -2.46. The number of hydrogen-bond donors (Lipinski definition) is 1. The van der Waals surface area contributed by atoms with E-state index >= 15 is 0 Å². The number of nitrogens with zero attached hydrogens (tertiary/aromatic N) is 2. The number of carbonyl (C=O) groups is 1. The van der Waals surface area contributed by atoms with Crippen LogP contribution in [-0.4, -0.2) is 43.2 Å². The van der Waals surface area contributed by atoms with Gasteiger partial charge in [-0.25, -0.2) is 9.78 Å². The van der Waals surface area contributed by atoms with Crippen LogP contribution in [0.2, 0.25) is 0 Å². The Morgan fingerprint density at radius 1 is 1.52 bits per heavy atom. The van der Waals surface area contributed by atoms with Crippen molar-refractivity contribution in [2.24, 2.45) is 0 Å². The van der Waals surface area contributed by atoms with Gasteiger partial charge in [0.15, 0.2) is 0 Å². The van der Waals surface area contributed by atoms with Crippen LogP contribution in [0, 0.1) is 0 Å². The second kappa shape index (κ2) is 7.41. The van der Waals surface area contributed by atoms with E-state index < -0.39 is 0 Å².